The van der Waals surface area contributed by atoms with E-state index in [-0.39, 0.29) is 5.91 Å². The van der Waals surface area contributed by atoms with Crippen LogP contribution >= 0.6 is 11.3 Å². The number of nitrogens with one attached hydrogen (secondary N) is 1. The molecule has 0 fully saturated rings. The van der Waals surface area contributed by atoms with Gasteiger partial charge in [-0.2, -0.15) is 0 Å². The molecule has 7 heteroatoms. The van der Waals surface area contributed by atoms with Gasteiger partial charge in [-0.3, -0.25) is 10.1 Å². The van der Waals surface area contributed by atoms with E-state index in [9.17, 15) is 4.79 Å². The van der Waals surface area contributed by atoms with Crippen LogP contribution in [0.5, 0.6) is 17.2 Å². The first kappa shape index (κ1) is 22.6. The lowest BCUT2D eigenvalue weighted by Gasteiger charge is -2.11. The number of benzene rings is 2. The number of fused-ring (bicyclic) bond motifs is 1. The maximum atomic E-state index is 12.4. The standard InChI is InChI=1S/C24H28N2O4S/c1-4-7-14-30-18-10-11-19-22(16-18)31-24(25-19)26-23(27)13-9-17-8-12-20(28-5-2)21(15-17)29-6-3/h8-13,15-16H,4-7,14H2,1-3H3,(H,25,26,27)/b13-9+. The molecule has 2 aromatic carbocycles. The maximum absolute atomic E-state index is 12.4. The maximum Gasteiger partial charge on any atom is 0.250 e. The van der Waals surface area contributed by atoms with Gasteiger partial charge in [-0.05, 0) is 62.2 Å². The molecule has 0 aliphatic heterocycles. The molecule has 0 atom stereocenters. The molecule has 0 aliphatic carbocycles. The quantitative estimate of drug-likeness (QED) is 0.296. The van der Waals surface area contributed by atoms with Crippen LogP contribution in [0.3, 0.4) is 0 Å². The second-order valence-electron chi connectivity index (χ2n) is 6.75. The average molecular weight is 441 g/mol. The van der Waals surface area contributed by atoms with Crippen molar-refractivity contribution in [2.45, 2.75) is 33.6 Å². The molecule has 6 nitrogen and oxygen atoms in total. The van der Waals surface area contributed by atoms with Crippen LogP contribution in [0.15, 0.2) is 42.5 Å². The second-order valence-corrected chi connectivity index (χ2v) is 7.78. The first-order valence-electron chi connectivity index (χ1n) is 10.5. The van der Waals surface area contributed by atoms with Crippen LogP contribution in [-0.4, -0.2) is 30.7 Å². The fourth-order valence-electron chi connectivity index (χ4n) is 2.87. The van der Waals surface area contributed by atoms with E-state index in [0.717, 1.165) is 34.4 Å². The van der Waals surface area contributed by atoms with Crippen LogP contribution in [0.1, 0.15) is 39.2 Å². The highest BCUT2D eigenvalue weighted by molar-refractivity contribution is 7.22. The molecule has 3 aromatic rings. The smallest absolute Gasteiger partial charge is 0.250 e. The van der Waals surface area contributed by atoms with Crippen LogP contribution in [0.2, 0.25) is 0 Å². The molecule has 1 heterocycles. The van der Waals surface area contributed by atoms with Crippen LogP contribution in [0.4, 0.5) is 5.13 Å². The molecular formula is C24H28N2O4S. The number of hydrogen-bond donors (Lipinski definition) is 1. The van der Waals surface area contributed by atoms with Crippen molar-refractivity contribution in [3.8, 4) is 17.2 Å². The SMILES string of the molecule is CCCCOc1ccc2nc(NC(=O)/C=C/c3ccc(OCC)c(OCC)c3)sc2c1. The van der Waals surface area contributed by atoms with E-state index in [0.29, 0.717) is 36.5 Å². The Labute approximate surface area is 186 Å². The summed E-state index contributed by atoms with van der Waals surface area (Å²) in [6.45, 7) is 7.78. The Morgan fingerprint density at radius 1 is 1.03 bits per heavy atom. The predicted molar refractivity (Wildman–Crippen MR) is 126 cm³/mol. The number of nitrogens with zero attached hydrogens (tertiary/aromatic N) is 1. The van der Waals surface area contributed by atoms with Gasteiger partial charge >= 0.3 is 0 Å². The van der Waals surface area contributed by atoms with Gasteiger partial charge in [-0.15, -0.1) is 0 Å². The Bertz CT molecular complexity index is 1050. The van der Waals surface area contributed by atoms with E-state index in [4.69, 9.17) is 14.2 Å². The molecule has 0 saturated carbocycles. The molecule has 1 amide bonds. The Balaban J connectivity index is 1.65. The van der Waals surface area contributed by atoms with Crippen LogP contribution < -0.4 is 19.5 Å². The zero-order valence-electron chi connectivity index (χ0n) is 18.1. The van der Waals surface area contributed by atoms with E-state index in [2.05, 4.69) is 17.2 Å². The summed E-state index contributed by atoms with van der Waals surface area (Å²) in [7, 11) is 0. The molecular weight excluding hydrogens is 412 g/mol. The van der Waals surface area contributed by atoms with Gasteiger partial charge in [0, 0.05) is 6.08 Å². The van der Waals surface area contributed by atoms with Gasteiger partial charge in [0.1, 0.15) is 5.75 Å². The summed E-state index contributed by atoms with van der Waals surface area (Å²) in [6.07, 6.45) is 5.34. The normalized spacial score (nSPS) is 11.1. The Hall–Kier alpha value is -3.06. The molecule has 1 aromatic heterocycles. The van der Waals surface area contributed by atoms with E-state index in [1.807, 2.05) is 50.2 Å². The Kier molecular flexibility index (Phi) is 8.29. The number of anilines is 1. The van der Waals surface area contributed by atoms with Crippen LogP contribution in [0.25, 0.3) is 16.3 Å². The number of rotatable bonds is 11. The topological polar surface area (TPSA) is 69.7 Å². The van der Waals surface area contributed by atoms with Crippen molar-refractivity contribution in [3.05, 3.63) is 48.0 Å². The predicted octanol–water partition coefficient (Wildman–Crippen LogP) is 5.92. The number of carbonyl (C=O) groups excluding carboxylic acids is 1. The van der Waals surface area contributed by atoms with Crippen molar-refractivity contribution < 1.29 is 19.0 Å². The molecule has 0 saturated heterocycles. The lowest BCUT2D eigenvalue weighted by molar-refractivity contribution is -0.111. The van der Waals surface area contributed by atoms with E-state index >= 15 is 0 Å². The average Bonchev–Trinajstić information content (AvgIpc) is 3.16. The summed E-state index contributed by atoms with van der Waals surface area (Å²) >= 11 is 1.42. The zero-order chi connectivity index (χ0) is 22.1. The van der Waals surface area contributed by atoms with Gasteiger partial charge in [-0.25, -0.2) is 4.98 Å². The highest BCUT2D eigenvalue weighted by Crippen LogP contribution is 2.30. The highest BCUT2D eigenvalue weighted by atomic mass is 32.1. The minimum Gasteiger partial charge on any atom is -0.494 e. The summed E-state index contributed by atoms with van der Waals surface area (Å²) in [6, 6.07) is 11.4. The zero-order valence-corrected chi connectivity index (χ0v) is 19.0. The molecule has 3 rings (SSSR count). The molecule has 31 heavy (non-hydrogen) atoms. The van der Waals surface area contributed by atoms with Gasteiger partial charge in [-0.1, -0.05) is 30.7 Å². The largest absolute Gasteiger partial charge is 0.494 e. The molecule has 1 N–H and O–H groups in total. The van der Waals surface area contributed by atoms with Crippen molar-refractivity contribution in [2.24, 2.45) is 0 Å². The minimum atomic E-state index is -0.245. The van der Waals surface area contributed by atoms with Gasteiger partial charge in [0.2, 0.25) is 5.91 Å². The molecule has 0 unspecified atom stereocenters. The molecule has 0 bridgehead atoms. The summed E-state index contributed by atoms with van der Waals surface area (Å²) in [5.74, 6) is 1.93. The minimum absolute atomic E-state index is 0.245. The lowest BCUT2D eigenvalue weighted by Crippen LogP contribution is -2.07. The monoisotopic (exact) mass is 440 g/mol. The second kappa shape index (κ2) is 11.4. The van der Waals surface area contributed by atoms with E-state index < -0.39 is 0 Å². The van der Waals surface area contributed by atoms with E-state index in [1.165, 1.54) is 17.4 Å². The number of amides is 1. The van der Waals surface area contributed by atoms with Crippen LogP contribution in [-0.2, 0) is 4.79 Å². The third-order valence-corrected chi connectivity index (χ3v) is 5.28. The van der Waals surface area contributed by atoms with Crippen molar-refractivity contribution in [1.29, 1.82) is 0 Å². The van der Waals surface area contributed by atoms with Gasteiger partial charge in [0.25, 0.3) is 0 Å². The summed E-state index contributed by atoms with van der Waals surface area (Å²) in [5, 5.41) is 3.38. The van der Waals surface area contributed by atoms with Crippen molar-refractivity contribution in [1.82, 2.24) is 4.98 Å². The van der Waals surface area contributed by atoms with Gasteiger partial charge in [0.15, 0.2) is 16.6 Å². The molecule has 0 spiro atoms. The number of ether oxygens (including phenoxy) is 3. The lowest BCUT2D eigenvalue weighted by atomic mass is 10.2. The number of thiazole rings is 1. The number of carbonyl (C=O) groups is 1. The fourth-order valence-corrected chi connectivity index (χ4v) is 3.77. The first-order chi connectivity index (χ1) is 15.1. The fraction of sp³-hybridized carbons (Fsp3) is 0.333. The third kappa shape index (κ3) is 6.46. The van der Waals surface area contributed by atoms with Crippen molar-refractivity contribution in [3.63, 3.8) is 0 Å². The third-order valence-electron chi connectivity index (χ3n) is 4.35. The number of unbranched alkanes of at least 4 members (excludes halogenated alkanes) is 1. The molecule has 164 valence electrons. The van der Waals surface area contributed by atoms with Gasteiger partial charge in [0.05, 0.1) is 30.0 Å². The number of hydrogen-bond acceptors (Lipinski definition) is 6. The Morgan fingerprint density at radius 3 is 2.61 bits per heavy atom. The molecule has 0 aliphatic rings. The van der Waals surface area contributed by atoms with Crippen molar-refractivity contribution in [2.75, 3.05) is 25.1 Å². The molecule has 0 radical (unpaired) electrons. The van der Waals surface area contributed by atoms with Gasteiger partial charge < -0.3 is 14.2 Å². The number of aromatic nitrogens is 1. The van der Waals surface area contributed by atoms with E-state index in [1.54, 1.807) is 6.08 Å². The summed E-state index contributed by atoms with van der Waals surface area (Å²) in [4.78, 5) is 16.8. The highest BCUT2D eigenvalue weighted by Gasteiger charge is 2.08. The Morgan fingerprint density at radius 2 is 1.84 bits per heavy atom. The first-order valence-corrected chi connectivity index (χ1v) is 11.4. The van der Waals surface area contributed by atoms with Crippen molar-refractivity contribution >= 4 is 38.7 Å². The summed E-state index contributed by atoms with van der Waals surface area (Å²) < 4.78 is 17.9. The van der Waals surface area contributed by atoms with Crippen LogP contribution in [0, 0.1) is 0 Å². The summed E-state index contributed by atoms with van der Waals surface area (Å²) in [5.41, 5.74) is 1.68.